The summed E-state index contributed by atoms with van der Waals surface area (Å²) in [5, 5.41) is 3.10. The summed E-state index contributed by atoms with van der Waals surface area (Å²) < 4.78 is 53.8. The third-order valence-corrected chi connectivity index (χ3v) is 5.36. The summed E-state index contributed by atoms with van der Waals surface area (Å²) in [4.78, 5) is 17.6. The second-order valence-electron chi connectivity index (χ2n) is 6.20. The summed E-state index contributed by atoms with van der Waals surface area (Å²) in [5.74, 6) is -1.89. The molecule has 1 fully saturated rings. The predicted octanol–water partition coefficient (Wildman–Crippen LogP) is 4.77. The van der Waals surface area contributed by atoms with Gasteiger partial charge in [-0.3, -0.25) is 0 Å². The molecule has 1 aliphatic rings. The molecule has 3 aromatic rings. The minimum atomic E-state index is -1.67. The van der Waals surface area contributed by atoms with Gasteiger partial charge in [-0.25, -0.2) is 27.3 Å². The van der Waals surface area contributed by atoms with Crippen LogP contribution in [0.4, 0.5) is 28.0 Å². The van der Waals surface area contributed by atoms with E-state index in [1.165, 1.54) is 17.4 Å². The molecule has 2 heterocycles. The molecule has 140 valence electrons. The molecule has 1 saturated heterocycles. The topological polar surface area (TPSA) is 45.2 Å². The van der Waals surface area contributed by atoms with E-state index in [9.17, 15) is 22.4 Å². The van der Waals surface area contributed by atoms with Gasteiger partial charge in [0.2, 0.25) is 0 Å². The molecule has 2 amide bonds. The van der Waals surface area contributed by atoms with Gasteiger partial charge in [-0.05, 0) is 36.4 Å². The zero-order valence-corrected chi connectivity index (χ0v) is 14.6. The van der Waals surface area contributed by atoms with Crippen LogP contribution < -0.4 is 5.32 Å². The quantitative estimate of drug-likeness (QED) is 0.636. The number of amides is 2. The van der Waals surface area contributed by atoms with Gasteiger partial charge in [-0.2, -0.15) is 0 Å². The molecular weight excluding hydrogens is 382 g/mol. The number of carbonyl (C=O) groups excluding carboxylic acids is 1. The van der Waals surface area contributed by atoms with E-state index >= 15 is 0 Å². The maximum atomic E-state index is 13.4. The average molecular weight is 395 g/mol. The Bertz CT molecular complexity index is 1020. The number of nitrogens with one attached hydrogen (secondary N) is 1. The van der Waals surface area contributed by atoms with Crippen LogP contribution in [0.25, 0.3) is 20.8 Å². The number of rotatable bonds is 2. The smallest absolute Gasteiger partial charge is 0.318 e. The standard InChI is InChI=1S/C18H13F4N3OS/c19-11-3-1-9(5-12(11)20)17-24-15-6-10(2-4-16(15)27-17)23-18(26)25-7-13(21)14(22)8-25/h1-6,13-14H,7-8H2,(H,23,26)/t13-,14-/m1/s1. The first-order valence-corrected chi connectivity index (χ1v) is 8.92. The first-order valence-electron chi connectivity index (χ1n) is 8.11. The number of hydrogen-bond donors (Lipinski definition) is 1. The fraction of sp³-hybridized carbons (Fsp3) is 0.222. The summed E-state index contributed by atoms with van der Waals surface area (Å²) in [6.07, 6.45) is -3.34. The normalized spacial score (nSPS) is 19.6. The minimum absolute atomic E-state index is 0.285. The first kappa shape index (κ1) is 17.7. The van der Waals surface area contributed by atoms with E-state index in [1.54, 1.807) is 18.2 Å². The maximum absolute atomic E-state index is 13.4. The number of halogens is 4. The van der Waals surface area contributed by atoms with Crippen molar-refractivity contribution in [2.24, 2.45) is 0 Å². The van der Waals surface area contributed by atoms with Gasteiger partial charge >= 0.3 is 6.03 Å². The van der Waals surface area contributed by atoms with Crippen LogP contribution in [0.5, 0.6) is 0 Å². The van der Waals surface area contributed by atoms with Crippen molar-refractivity contribution in [3.8, 4) is 10.6 Å². The summed E-state index contributed by atoms with van der Waals surface area (Å²) in [6, 6.07) is 7.94. The van der Waals surface area contributed by atoms with E-state index in [4.69, 9.17) is 0 Å². The van der Waals surface area contributed by atoms with Crippen LogP contribution in [0.15, 0.2) is 36.4 Å². The molecule has 1 N–H and O–H groups in total. The van der Waals surface area contributed by atoms with Gasteiger partial charge in [0.1, 0.15) is 5.01 Å². The third-order valence-electron chi connectivity index (χ3n) is 4.27. The van der Waals surface area contributed by atoms with Gasteiger partial charge in [0.25, 0.3) is 0 Å². The lowest BCUT2D eigenvalue weighted by Crippen LogP contribution is -2.33. The Morgan fingerprint density at radius 2 is 1.81 bits per heavy atom. The highest BCUT2D eigenvalue weighted by Gasteiger charge is 2.35. The number of thiazole rings is 1. The second-order valence-corrected chi connectivity index (χ2v) is 7.23. The number of hydrogen-bond acceptors (Lipinski definition) is 3. The van der Waals surface area contributed by atoms with Crippen LogP contribution in [-0.2, 0) is 0 Å². The third kappa shape index (κ3) is 3.46. The van der Waals surface area contributed by atoms with Gasteiger partial charge in [0, 0.05) is 11.3 Å². The highest BCUT2D eigenvalue weighted by molar-refractivity contribution is 7.21. The Balaban J connectivity index is 1.56. The predicted molar refractivity (Wildman–Crippen MR) is 95.4 cm³/mol. The van der Waals surface area contributed by atoms with E-state index in [0.717, 1.165) is 21.7 Å². The van der Waals surface area contributed by atoms with E-state index in [1.807, 2.05) is 0 Å². The Morgan fingerprint density at radius 1 is 1.07 bits per heavy atom. The Kier molecular flexibility index (Phi) is 4.47. The minimum Gasteiger partial charge on any atom is -0.318 e. The number of benzene rings is 2. The van der Waals surface area contributed by atoms with Crippen molar-refractivity contribution in [3.63, 3.8) is 0 Å². The van der Waals surface area contributed by atoms with Gasteiger partial charge < -0.3 is 10.2 Å². The molecule has 1 aromatic heterocycles. The molecule has 0 radical (unpaired) electrons. The molecule has 2 aromatic carbocycles. The largest absolute Gasteiger partial charge is 0.322 e. The lowest BCUT2D eigenvalue weighted by molar-refractivity contribution is 0.217. The van der Waals surface area contributed by atoms with Crippen LogP contribution in [0.2, 0.25) is 0 Å². The molecule has 4 rings (SSSR count). The number of likely N-dealkylation sites (tertiary alicyclic amines) is 1. The zero-order chi connectivity index (χ0) is 19.1. The summed E-state index contributed by atoms with van der Waals surface area (Å²) in [5.41, 5.74) is 1.43. The van der Waals surface area contributed by atoms with Crippen LogP contribution in [0, 0.1) is 11.6 Å². The molecule has 0 spiro atoms. The van der Waals surface area contributed by atoms with Crippen LogP contribution in [0.3, 0.4) is 0 Å². The molecule has 0 bridgehead atoms. The van der Waals surface area contributed by atoms with Crippen molar-refractivity contribution in [1.82, 2.24) is 9.88 Å². The van der Waals surface area contributed by atoms with E-state index < -0.39 is 30.0 Å². The lowest BCUT2D eigenvalue weighted by atomic mass is 10.2. The number of nitrogens with zero attached hydrogens (tertiary/aromatic N) is 2. The van der Waals surface area contributed by atoms with Gasteiger partial charge in [-0.15, -0.1) is 11.3 Å². The van der Waals surface area contributed by atoms with Crippen molar-refractivity contribution in [3.05, 3.63) is 48.0 Å². The fourth-order valence-electron chi connectivity index (χ4n) is 2.85. The monoisotopic (exact) mass is 395 g/mol. The number of fused-ring (bicyclic) bond motifs is 1. The zero-order valence-electron chi connectivity index (χ0n) is 13.8. The van der Waals surface area contributed by atoms with E-state index in [0.29, 0.717) is 21.8 Å². The van der Waals surface area contributed by atoms with Crippen LogP contribution >= 0.6 is 11.3 Å². The Morgan fingerprint density at radius 3 is 2.52 bits per heavy atom. The molecule has 9 heteroatoms. The molecule has 0 unspecified atom stereocenters. The van der Waals surface area contributed by atoms with Crippen molar-refractivity contribution in [1.29, 1.82) is 0 Å². The highest BCUT2D eigenvalue weighted by Crippen LogP contribution is 2.32. The van der Waals surface area contributed by atoms with Gasteiger partial charge in [-0.1, -0.05) is 0 Å². The Labute approximate surface area is 155 Å². The summed E-state index contributed by atoms with van der Waals surface area (Å²) >= 11 is 1.30. The number of carbonyl (C=O) groups is 1. The van der Waals surface area contributed by atoms with Gasteiger partial charge in [0.15, 0.2) is 24.0 Å². The molecule has 4 nitrogen and oxygen atoms in total. The number of aromatic nitrogens is 1. The Hall–Kier alpha value is -2.68. The number of anilines is 1. The van der Waals surface area contributed by atoms with Crippen molar-refractivity contribution < 1.29 is 22.4 Å². The molecule has 1 aliphatic heterocycles. The molecule has 0 aliphatic carbocycles. The van der Waals surface area contributed by atoms with Crippen LogP contribution in [-0.4, -0.2) is 41.3 Å². The fourth-order valence-corrected chi connectivity index (χ4v) is 3.79. The number of urea groups is 1. The summed E-state index contributed by atoms with van der Waals surface area (Å²) in [7, 11) is 0. The van der Waals surface area contributed by atoms with Crippen molar-refractivity contribution in [2.75, 3.05) is 18.4 Å². The van der Waals surface area contributed by atoms with E-state index in [-0.39, 0.29) is 13.1 Å². The van der Waals surface area contributed by atoms with E-state index in [2.05, 4.69) is 10.3 Å². The lowest BCUT2D eigenvalue weighted by Gasteiger charge is -2.15. The molecule has 0 saturated carbocycles. The first-order chi connectivity index (χ1) is 12.9. The van der Waals surface area contributed by atoms with Gasteiger partial charge in [0.05, 0.1) is 23.3 Å². The highest BCUT2D eigenvalue weighted by atomic mass is 32.1. The molecular formula is C18H13F4N3OS. The number of alkyl halides is 2. The second kappa shape index (κ2) is 6.80. The van der Waals surface area contributed by atoms with Crippen LogP contribution in [0.1, 0.15) is 0 Å². The molecule has 2 atom stereocenters. The average Bonchev–Trinajstić information content (AvgIpc) is 3.20. The summed E-state index contributed by atoms with van der Waals surface area (Å²) in [6.45, 7) is -0.571. The molecule has 27 heavy (non-hydrogen) atoms. The van der Waals surface area contributed by atoms with Crippen molar-refractivity contribution in [2.45, 2.75) is 12.3 Å². The maximum Gasteiger partial charge on any atom is 0.322 e. The SMILES string of the molecule is O=C(Nc1ccc2sc(-c3ccc(F)c(F)c3)nc2c1)N1C[C@@H](F)[C@H](F)C1. The van der Waals surface area contributed by atoms with Crippen molar-refractivity contribution >= 4 is 33.3 Å².